The van der Waals surface area contributed by atoms with Gasteiger partial charge in [0.05, 0.1) is 6.10 Å². The first kappa shape index (κ1) is 15.6. The molecule has 1 fully saturated rings. The largest absolute Gasteiger partial charge is 0.487 e. The number of hydrogen-bond acceptors (Lipinski definition) is 4. The molecule has 2 heterocycles. The normalized spacial score (nSPS) is 15.7. The predicted octanol–water partition coefficient (Wildman–Crippen LogP) is 2.17. The zero-order valence-electron chi connectivity index (χ0n) is 13.4. The van der Waals surface area contributed by atoms with E-state index < -0.39 is 0 Å². The van der Waals surface area contributed by atoms with Gasteiger partial charge in [0.2, 0.25) is 5.91 Å². The Morgan fingerprint density at radius 3 is 2.43 bits per heavy atom. The highest BCUT2D eigenvalue weighted by Crippen LogP contribution is 2.27. The SMILES string of the molecule is CC(C)Oc1cccnc1N1CCN(C(=O)C(C)C)CC1. The van der Waals surface area contributed by atoms with Crippen LogP contribution < -0.4 is 9.64 Å². The Hall–Kier alpha value is -1.78. The van der Waals surface area contributed by atoms with Gasteiger partial charge < -0.3 is 14.5 Å². The minimum absolute atomic E-state index is 0.0613. The molecule has 5 heteroatoms. The molecule has 0 spiro atoms. The molecule has 0 bridgehead atoms. The Morgan fingerprint density at radius 2 is 1.86 bits per heavy atom. The number of carbonyl (C=O) groups excluding carboxylic acids is 1. The lowest BCUT2D eigenvalue weighted by molar-refractivity contribution is -0.134. The van der Waals surface area contributed by atoms with E-state index >= 15 is 0 Å². The Morgan fingerprint density at radius 1 is 1.19 bits per heavy atom. The Labute approximate surface area is 126 Å². The number of aromatic nitrogens is 1. The number of carbonyl (C=O) groups is 1. The minimum Gasteiger partial charge on any atom is -0.487 e. The van der Waals surface area contributed by atoms with Crippen LogP contribution in [0.5, 0.6) is 5.75 Å². The van der Waals surface area contributed by atoms with Crippen LogP contribution in [0.15, 0.2) is 18.3 Å². The molecule has 0 saturated carbocycles. The third-order valence-electron chi connectivity index (χ3n) is 3.50. The van der Waals surface area contributed by atoms with E-state index in [2.05, 4.69) is 9.88 Å². The van der Waals surface area contributed by atoms with Crippen molar-refractivity contribution < 1.29 is 9.53 Å². The van der Waals surface area contributed by atoms with Crippen LogP contribution in [-0.2, 0) is 4.79 Å². The molecule has 5 nitrogen and oxygen atoms in total. The van der Waals surface area contributed by atoms with Crippen LogP contribution in [0.25, 0.3) is 0 Å². The maximum absolute atomic E-state index is 12.0. The highest BCUT2D eigenvalue weighted by atomic mass is 16.5. The number of nitrogens with zero attached hydrogens (tertiary/aromatic N) is 3. The Balaban J connectivity index is 2.04. The molecule has 1 aliphatic heterocycles. The van der Waals surface area contributed by atoms with Gasteiger partial charge in [-0.25, -0.2) is 4.98 Å². The summed E-state index contributed by atoms with van der Waals surface area (Å²) in [6.07, 6.45) is 1.91. The van der Waals surface area contributed by atoms with Gasteiger partial charge in [-0.3, -0.25) is 4.79 Å². The lowest BCUT2D eigenvalue weighted by Gasteiger charge is -2.36. The van der Waals surface area contributed by atoms with Crippen molar-refractivity contribution in [1.29, 1.82) is 0 Å². The standard InChI is InChI=1S/C16H25N3O2/c1-12(2)16(20)19-10-8-18(9-11-19)15-14(21-13(3)4)6-5-7-17-15/h5-7,12-13H,8-11H2,1-4H3. The van der Waals surface area contributed by atoms with Crippen molar-refractivity contribution >= 4 is 11.7 Å². The molecule has 1 aromatic rings. The van der Waals surface area contributed by atoms with Crippen LogP contribution in [0.3, 0.4) is 0 Å². The van der Waals surface area contributed by atoms with E-state index in [0.717, 1.165) is 37.7 Å². The molecule has 2 rings (SSSR count). The number of amides is 1. The average molecular weight is 291 g/mol. The number of pyridine rings is 1. The fourth-order valence-corrected chi connectivity index (χ4v) is 2.47. The van der Waals surface area contributed by atoms with E-state index in [-0.39, 0.29) is 17.9 Å². The zero-order chi connectivity index (χ0) is 15.4. The van der Waals surface area contributed by atoms with Gasteiger partial charge in [-0.2, -0.15) is 0 Å². The third kappa shape index (κ3) is 3.86. The number of piperazine rings is 1. The van der Waals surface area contributed by atoms with Crippen molar-refractivity contribution in [3.8, 4) is 5.75 Å². The van der Waals surface area contributed by atoms with Gasteiger partial charge >= 0.3 is 0 Å². The van der Waals surface area contributed by atoms with Crippen LogP contribution in [0.2, 0.25) is 0 Å². The molecular formula is C16H25N3O2. The van der Waals surface area contributed by atoms with Gasteiger partial charge in [0.1, 0.15) is 0 Å². The second kappa shape index (κ2) is 6.78. The zero-order valence-corrected chi connectivity index (χ0v) is 13.4. The van der Waals surface area contributed by atoms with Crippen LogP contribution in [0, 0.1) is 5.92 Å². The maximum Gasteiger partial charge on any atom is 0.225 e. The number of hydrogen-bond donors (Lipinski definition) is 0. The molecule has 0 N–H and O–H groups in total. The second-order valence-corrected chi connectivity index (χ2v) is 5.96. The quantitative estimate of drug-likeness (QED) is 0.853. The molecule has 0 atom stereocenters. The number of rotatable bonds is 4. The molecule has 116 valence electrons. The van der Waals surface area contributed by atoms with E-state index in [1.165, 1.54) is 0 Å². The highest BCUT2D eigenvalue weighted by molar-refractivity contribution is 5.78. The van der Waals surface area contributed by atoms with E-state index in [4.69, 9.17) is 4.74 Å². The summed E-state index contributed by atoms with van der Waals surface area (Å²) < 4.78 is 5.83. The first-order chi connectivity index (χ1) is 9.99. The lowest BCUT2D eigenvalue weighted by Crippen LogP contribution is -2.50. The summed E-state index contributed by atoms with van der Waals surface area (Å²) in [6.45, 7) is 11.0. The van der Waals surface area contributed by atoms with Gasteiger partial charge in [-0.1, -0.05) is 13.8 Å². The van der Waals surface area contributed by atoms with Crippen molar-refractivity contribution in [3.05, 3.63) is 18.3 Å². The summed E-state index contributed by atoms with van der Waals surface area (Å²) >= 11 is 0. The minimum atomic E-state index is 0.0613. The summed E-state index contributed by atoms with van der Waals surface area (Å²) in [5, 5.41) is 0. The molecule has 21 heavy (non-hydrogen) atoms. The molecule has 0 unspecified atom stereocenters. The van der Waals surface area contributed by atoms with Crippen molar-refractivity contribution in [2.45, 2.75) is 33.8 Å². The van der Waals surface area contributed by atoms with Crippen molar-refractivity contribution in [1.82, 2.24) is 9.88 Å². The summed E-state index contributed by atoms with van der Waals surface area (Å²) in [4.78, 5) is 20.6. The molecule has 0 aromatic carbocycles. The fourth-order valence-electron chi connectivity index (χ4n) is 2.47. The van der Waals surface area contributed by atoms with Gasteiger partial charge in [0.25, 0.3) is 0 Å². The van der Waals surface area contributed by atoms with Crippen molar-refractivity contribution in [2.24, 2.45) is 5.92 Å². The molecular weight excluding hydrogens is 266 g/mol. The van der Waals surface area contributed by atoms with Crippen LogP contribution in [0.1, 0.15) is 27.7 Å². The molecule has 0 radical (unpaired) electrons. The van der Waals surface area contributed by atoms with E-state index in [1.54, 1.807) is 6.20 Å². The number of anilines is 1. The summed E-state index contributed by atoms with van der Waals surface area (Å²) in [5.41, 5.74) is 0. The first-order valence-electron chi connectivity index (χ1n) is 7.64. The van der Waals surface area contributed by atoms with Crippen molar-refractivity contribution in [2.75, 3.05) is 31.1 Å². The average Bonchev–Trinajstić information content (AvgIpc) is 2.46. The Kier molecular flexibility index (Phi) is 5.04. The predicted molar refractivity (Wildman–Crippen MR) is 83.6 cm³/mol. The van der Waals surface area contributed by atoms with Crippen LogP contribution in [0.4, 0.5) is 5.82 Å². The second-order valence-electron chi connectivity index (χ2n) is 5.96. The maximum atomic E-state index is 12.0. The Bertz CT molecular complexity index is 480. The lowest BCUT2D eigenvalue weighted by atomic mass is 10.1. The topological polar surface area (TPSA) is 45.7 Å². The highest BCUT2D eigenvalue weighted by Gasteiger charge is 2.25. The summed E-state index contributed by atoms with van der Waals surface area (Å²) in [7, 11) is 0. The monoisotopic (exact) mass is 291 g/mol. The number of ether oxygens (including phenoxy) is 1. The first-order valence-corrected chi connectivity index (χ1v) is 7.64. The molecule has 0 aliphatic carbocycles. The van der Waals surface area contributed by atoms with Crippen molar-refractivity contribution in [3.63, 3.8) is 0 Å². The molecule has 1 aliphatic rings. The molecule has 1 amide bonds. The van der Waals surface area contributed by atoms with Gasteiger partial charge in [0, 0.05) is 38.3 Å². The van der Waals surface area contributed by atoms with Crippen LogP contribution >= 0.6 is 0 Å². The summed E-state index contributed by atoms with van der Waals surface area (Å²) in [6, 6.07) is 3.84. The van der Waals surface area contributed by atoms with Gasteiger partial charge in [0.15, 0.2) is 11.6 Å². The van der Waals surface area contributed by atoms with Crippen LogP contribution in [-0.4, -0.2) is 48.1 Å². The molecule has 1 aromatic heterocycles. The molecule has 1 saturated heterocycles. The van der Waals surface area contributed by atoms with E-state index in [9.17, 15) is 4.79 Å². The smallest absolute Gasteiger partial charge is 0.225 e. The van der Waals surface area contributed by atoms with Gasteiger partial charge in [-0.05, 0) is 26.0 Å². The summed E-state index contributed by atoms with van der Waals surface area (Å²) in [5.74, 6) is 1.99. The van der Waals surface area contributed by atoms with E-state index in [0.29, 0.717) is 0 Å². The fraction of sp³-hybridized carbons (Fsp3) is 0.625. The third-order valence-corrected chi connectivity index (χ3v) is 3.50. The van der Waals surface area contributed by atoms with E-state index in [1.807, 2.05) is 44.7 Å². The van der Waals surface area contributed by atoms with Gasteiger partial charge in [-0.15, -0.1) is 0 Å².